The summed E-state index contributed by atoms with van der Waals surface area (Å²) >= 11 is 1.07. The molecule has 0 unspecified atom stereocenters. The maximum Gasteiger partial charge on any atom is 0.226 e. The molecule has 0 aromatic rings. The number of aliphatic imine (C=N–C) groups is 1. The minimum atomic E-state index is -3.26. The SMILES string of the molecule is CSC1=NC(N)=CS1(=O)=O. The van der Waals surface area contributed by atoms with Crippen molar-refractivity contribution < 1.29 is 8.42 Å². The third-order valence-electron chi connectivity index (χ3n) is 0.914. The maximum absolute atomic E-state index is 10.9. The average Bonchev–Trinajstić information content (AvgIpc) is 2.04. The summed E-state index contributed by atoms with van der Waals surface area (Å²) in [5, 5.41) is 0.957. The second-order valence-electron chi connectivity index (χ2n) is 1.67. The normalized spacial score (nSPS) is 22.1. The zero-order valence-electron chi connectivity index (χ0n) is 5.23. The summed E-state index contributed by atoms with van der Waals surface area (Å²) in [7, 11) is -3.26. The maximum atomic E-state index is 10.9. The molecular formula is C4H6N2O2S2. The van der Waals surface area contributed by atoms with Crippen LogP contribution in [0.2, 0.25) is 0 Å². The Balaban J connectivity index is 3.15. The molecule has 4 nitrogen and oxygen atoms in total. The van der Waals surface area contributed by atoms with Crippen molar-refractivity contribution in [2.75, 3.05) is 6.26 Å². The number of hydrogen-bond donors (Lipinski definition) is 1. The van der Waals surface area contributed by atoms with Crippen LogP contribution in [0.4, 0.5) is 0 Å². The Morgan fingerprint density at radius 2 is 2.30 bits per heavy atom. The van der Waals surface area contributed by atoms with Gasteiger partial charge in [-0.3, -0.25) is 0 Å². The lowest BCUT2D eigenvalue weighted by Crippen LogP contribution is -2.02. The Hall–Kier alpha value is -0.490. The third kappa shape index (κ3) is 1.17. The van der Waals surface area contributed by atoms with Gasteiger partial charge in [0.15, 0.2) is 4.38 Å². The fraction of sp³-hybridized carbons (Fsp3) is 0.250. The van der Waals surface area contributed by atoms with Gasteiger partial charge in [0.05, 0.1) is 5.41 Å². The summed E-state index contributed by atoms with van der Waals surface area (Å²) in [6, 6.07) is 0. The third-order valence-corrected chi connectivity index (χ3v) is 3.68. The molecule has 56 valence electrons. The highest BCUT2D eigenvalue weighted by Crippen LogP contribution is 2.17. The summed E-state index contributed by atoms with van der Waals surface area (Å²) in [5.74, 6) is 0.0596. The van der Waals surface area contributed by atoms with Crippen LogP contribution in [-0.4, -0.2) is 19.0 Å². The topological polar surface area (TPSA) is 72.5 Å². The molecule has 0 aromatic heterocycles. The van der Waals surface area contributed by atoms with E-state index in [2.05, 4.69) is 4.99 Å². The molecule has 1 aliphatic heterocycles. The van der Waals surface area contributed by atoms with Crippen LogP contribution in [0.5, 0.6) is 0 Å². The van der Waals surface area contributed by atoms with E-state index in [1.807, 2.05) is 0 Å². The molecule has 10 heavy (non-hydrogen) atoms. The number of nitrogens with zero attached hydrogens (tertiary/aromatic N) is 1. The van der Waals surface area contributed by atoms with Crippen molar-refractivity contribution in [3.8, 4) is 0 Å². The van der Waals surface area contributed by atoms with Gasteiger partial charge < -0.3 is 5.73 Å². The Morgan fingerprint density at radius 3 is 2.50 bits per heavy atom. The van der Waals surface area contributed by atoms with Gasteiger partial charge in [0.2, 0.25) is 9.84 Å². The zero-order chi connectivity index (χ0) is 7.78. The Bertz CT molecular complexity index is 301. The fourth-order valence-electron chi connectivity index (χ4n) is 0.567. The van der Waals surface area contributed by atoms with Crippen molar-refractivity contribution in [1.82, 2.24) is 0 Å². The number of rotatable bonds is 0. The van der Waals surface area contributed by atoms with Gasteiger partial charge in [-0.05, 0) is 6.26 Å². The highest BCUT2D eigenvalue weighted by Gasteiger charge is 2.22. The van der Waals surface area contributed by atoms with E-state index in [-0.39, 0.29) is 10.2 Å². The van der Waals surface area contributed by atoms with Crippen LogP contribution in [0, 0.1) is 0 Å². The lowest BCUT2D eigenvalue weighted by molar-refractivity contribution is 0.616. The van der Waals surface area contributed by atoms with Gasteiger partial charge in [0, 0.05) is 0 Å². The fourth-order valence-corrected chi connectivity index (χ4v) is 2.54. The van der Waals surface area contributed by atoms with Crippen LogP contribution in [0.3, 0.4) is 0 Å². The first kappa shape index (κ1) is 7.62. The molecule has 0 atom stereocenters. The quantitative estimate of drug-likeness (QED) is 0.562. The van der Waals surface area contributed by atoms with E-state index in [4.69, 9.17) is 5.73 Å². The first-order valence-electron chi connectivity index (χ1n) is 2.41. The molecule has 0 amide bonds. The molecule has 0 aromatic carbocycles. The summed E-state index contributed by atoms with van der Waals surface area (Å²) in [6.07, 6.45) is 1.64. The lowest BCUT2D eigenvalue weighted by Gasteiger charge is -1.89. The molecule has 2 N–H and O–H groups in total. The molecule has 1 rings (SSSR count). The molecule has 1 aliphatic rings. The van der Waals surface area contributed by atoms with Gasteiger partial charge in [0.25, 0.3) is 0 Å². The standard InChI is InChI=1S/C4H6N2O2S2/c1-9-4-6-3(5)2-10(4,7)8/h2H,5H2,1H3. The number of hydrogen-bond acceptors (Lipinski definition) is 5. The molecule has 0 spiro atoms. The molecule has 0 bridgehead atoms. The van der Waals surface area contributed by atoms with E-state index in [0.29, 0.717) is 0 Å². The molecule has 6 heteroatoms. The molecule has 0 aliphatic carbocycles. The Morgan fingerprint density at radius 1 is 1.70 bits per heavy atom. The summed E-state index contributed by atoms with van der Waals surface area (Å²) < 4.78 is 21.9. The molecule has 0 fully saturated rings. The van der Waals surface area contributed by atoms with E-state index in [1.165, 1.54) is 0 Å². The number of sulfone groups is 1. The average molecular weight is 178 g/mol. The van der Waals surface area contributed by atoms with Gasteiger partial charge in [0.1, 0.15) is 5.82 Å². The predicted molar refractivity (Wildman–Crippen MR) is 42.1 cm³/mol. The molecular weight excluding hydrogens is 172 g/mol. The van der Waals surface area contributed by atoms with E-state index in [1.54, 1.807) is 6.26 Å². The first-order valence-corrected chi connectivity index (χ1v) is 5.18. The van der Waals surface area contributed by atoms with E-state index >= 15 is 0 Å². The number of nitrogens with two attached hydrogens (primary N) is 1. The smallest absolute Gasteiger partial charge is 0.226 e. The van der Waals surface area contributed by atoms with E-state index in [0.717, 1.165) is 17.2 Å². The largest absolute Gasteiger partial charge is 0.383 e. The zero-order valence-corrected chi connectivity index (χ0v) is 6.87. The molecule has 0 radical (unpaired) electrons. The Kier molecular flexibility index (Phi) is 1.74. The van der Waals surface area contributed by atoms with Crippen molar-refractivity contribution in [3.05, 3.63) is 11.2 Å². The van der Waals surface area contributed by atoms with Crippen molar-refractivity contribution in [2.45, 2.75) is 0 Å². The predicted octanol–water partition coefficient (Wildman–Crippen LogP) is -0.109. The first-order chi connectivity index (χ1) is 4.56. The van der Waals surface area contributed by atoms with E-state index < -0.39 is 9.84 Å². The van der Waals surface area contributed by atoms with Gasteiger partial charge in [-0.25, -0.2) is 13.4 Å². The van der Waals surface area contributed by atoms with Crippen LogP contribution in [0.15, 0.2) is 16.2 Å². The second kappa shape index (κ2) is 2.28. The van der Waals surface area contributed by atoms with Gasteiger partial charge in [-0.2, -0.15) is 0 Å². The van der Waals surface area contributed by atoms with Crippen molar-refractivity contribution in [3.63, 3.8) is 0 Å². The van der Waals surface area contributed by atoms with Crippen molar-refractivity contribution in [2.24, 2.45) is 10.7 Å². The lowest BCUT2D eigenvalue weighted by atomic mass is 10.9. The van der Waals surface area contributed by atoms with Gasteiger partial charge >= 0.3 is 0 Å². The van der Waals surface area contributed by atoms with Gasteiger partial charge in [-0.15, -0.1) is 0 Å². The van der Waals surface area contributed by atoms with Crippen LogP contribution in [-0.2, 0) is 9.84 Å². The minimum Gasteiger partial charge on any atom is -0.383 e. The van der Waals surface area contributed by atoms with Gasteiger partial charge in [-0.1, -0.05) is 11.8 Å². The van der Waals surface area contributed by atoms with Crippen LogP contribution in [0.25, 0.3) is 0 Å². The van der Waals surface area contributed by atoms with Crippen molar-refractivity contribution in [1.29, 1.82) is 0 Å². The number of thioether (sulfide) groups is 1. The molecule has 1 heterocycles. The summed E-state index contributed by atoms with van der Waals surface area (Å²) in [6.45, 7) is 0. The monoisotopic (exact) mass is 178 g/mol. The highest BCUT2D eigenvalue weighted by molar-refractivity contribution is 8.36. The van der Waals surface area contributed by atoms with Crippen LogP contribution in [0.1, 0.15) is 0 Å². The van der Waals surface area contributed by atoms with Crippen molar-refractivity contribution >= 4 is 26.0 Å². The summed E-state index contributed by atoms with van der Waals surface area (Å²) in [5.41, 5.74) is 5.16. The minimum absolute atomic E-state index is 0.0596. The van der Waals surface area contributed by atoms with Crippen LogP contribution < -0.4 is 5.73 Å². The Labute approximate surface area is 63.1 Å². The molecule has 0 saturated heterocycles. The molecule has 0 saturated carbocycles. The van der Waals surface area contributed by atoms with Crippen LogP contribution >= 0.6 is 11.8 Å². The van der Waals surface area contributed by atoms with E-state index in [9.17, 15) is 8.42 Å². The second-order valence-corrected chi connectivity index (χ2v) is 4.44. The summed E-state index contributed by atoms with van der Waals surface area (Å²) in [4.78, 5) is 3.59. The highest BCUT2D eigenvalue weighted by atomic mass is 32.3.